The van der Waals surface area contributed by atoms with Crippen LogP contribution in [0.5, 0.6) is 0 Å². The summed E-state index contributed by atoms with van der Waals surface area (Å²) in [5, 5.41) is 0. The molecule has 19 heavy (non-hydrogen) atoms. The van der Waals surface area contributed by atoms with Gasteiger partial charge in [0.1, 0.15) is 10.9 Å². The number of sulfonamides is 1. The van der Waals surface area contributed by atoms with Crippen LogP contribution in [0, 0.1) is 0 Å². The minimum atomic E-state index is -3.69. The number of hydrogen-bond acceptors (Lipinski definition) is 4. The molecular weight excluding hydrogens is 266 g/mol. The molecule has 1 aromatic heterocycles. The number of nitrogens with zero attached hydrogens (tertiary/aromatic N) is 2. The highest BCUT2D eigenvalue weighted by molar-refractivity contribution is 7.89. The van der Waals surface area contributed by atoms with Crippen molar-refractivity contribution in [2.75, 3.05) is 6.54 Å². The minimum absolute atomic E-state index is 0.0748. The number of pyridine rings is 1. The third kappa shape index (κ3) is 2.93. The summed E-state index contributed by atoms with van der Waals surface area (Å²) in [6.07, 6.45) is 3.26. The zero-order valence-electron chi connectivity index (χ0n) is 10.9. The molecule has 1 aliphatic rings. The summed E-state index contributed by atoms with van der Waals surface area (Å²) in [4.78, 5) is 17.6. The third-order valence-corrected chi connectivity index (χ3v) is 4.56. The van der Waals surface area contributed by atoms with E-state index in [2.05, 4.69) is 9.71 Å². The molecule has 0 saturated carbocycles. The lowest BCUT2D eigenvalue weighted by molar-refractivity contribution is -0.130. The highest BCUT2D eigenvalue weighted by Crippen LogP contribution is 2.17. The number of carbonyl (C=O) groups is 1. The second kappa shape index (κ2) is 5.26. The molecule has 0 radical (unpaired) electrons. The van der Waals surface area contributed by atoms with E-state index in [-0.39, 0.29) is 16.8 Å². The predicted octanol–water partition coefficient (Wildman–Crippen LogP) is 0.369. The molecule has 1 N–H and O–H groups in total. The van der Waals surface area contributed by atoms with Gasteiger partial charge in [-0.15, -0.1) is 0 Å². The van der Waals surface area contributed by atoms with Gasteiger partial charge in [-0.3, -0.25) is 9.78 Å². The fourth-order valence-electron chi connectivity index (χ4n) is 2.09. The maximum absolute atomic E-state index is 12.1. The smallest absolute Gasteiger partial charge is 0.242 e. The lowest BCUT2D eigenvalue weighted by atomic mass is 10.3. The molecule has 1 unspecified atom stereocenters. The zero-order chi connectivity index (χ0) is 14.0. The van der Waals surface area contributed by atoms with E-state index in [1.165, 1.54) is 18.5 Å². The van der Waals surface area contributed by atoms with Gasteiger partial charge < -0.3 is 4.90 Å². The van der Waals surface area contributed by atoms with Crippen LogP contribution in [0.25, 0.3) is 0 Å². The first-order valence-electron chi connectivity index (χ1n) is 6.14. The van der Waals surface area contributed by atoms with Gasteiger partial charge >= 0.3 is 0 Å². The fourth-order valence-corrected chi connectivity index (χ4v) is 3.27. The second-order valence-corrected chi connectivity index (χ2v) is 6.49. The number of rotatable bonds is 4. The van der Waals surface area contributed by atoms with Gasteiger partial charge in [-0.1, -0.05) is 0 Å². The Labute approximate surface area is 112 Å². The topological polar surface area (TPSA) is 79.4 Å². The van der Waals surface area contributed by atoms with Gasteiger partial charge in [0.15, 0.2) is 0 Å². The van der Waals surface area contributed by atoms with E-state index in [1.54, 1.807) is 11.0 Å². The maximum Gasteiger partial charge on any atom is 0.242 e. The molecule has 1 aliphatic heterocycles. The first-order valence-corrected chi connectivity index (χ1v) is 7.63. The standard InChI is InChI=1S/C12H17N3O3S/c1-9(2)15-7-5-11(12(15)16)14-19(17,18)10-4-3-6-13-8-10/h3-4,6,8-9,11,14H,5,7H2,1-2H3. The van der Waals surface area contributed by atoms with Crippen LogP contribution in [0.2, 0.25) is 0 Å². The summed E-state index contributed by atoms with van der Waals surface area (Å²) in [5.41, 5.74) is 0. The van der Waals surface area contributed by atoms with Gasteiger partial charge in [-0.25, -0.2) is 8.42 Å². The SMILES string of the molecule is CC(C)N1CCC(NS(=O)(=O)c2cccnc2)C1=O. The van der Waals surface area contributed by atoms with Crippen LogP contribution >= 0.6 is 0 Å². The summed E-state index contributed by atoms with van der Waals surface area (Å²) >= 11 is 0. The van der Waals surface area contributed by atoms with Crippen LogP contribution in [-0.2, 0) is 14.8 Å². The van der Waals surface area contributed by atoms with Crippen LogP contribution in [-0.4, -0.2) is 42.8 Å². The van der Waals surface area contributed by atoms with Gasteiger partial charge in [-0.2, -0.15) is 4.72 Å². The van der Waals surface area contributed by atoms with Crippen molar-refractivity contribution in [3.05, 3.63) is 24.5 Å². The van der Waals surface area contributed by atoms with Gasteiger partial charge in [0, 0.05) is 25.0 Å². The average molecular weight is 283 g/mol. The summed E-state index contributed by atoms with van der Waals surface area (Å²) in [6, 6.07) is 2.41. The van der Waals surface area contributed by atoms with E-state index in [9.17, 15) is 13.2 Å². The number of likely N-dealkylation sites (tertiary alicyclic amines) is 1. The molecule has 0 spiro atoms. The highest BCUT2D eigenvalue weighted by Gasteiger charge is 2.35. The molecule has 1 amide bonds. The molecule has 1 saturated heterocycles. The van der Waals surface area contributed by atoms with E-state index in [1.807, 2.05) is 13.8 Å². The van der Waals surface area contributed by atoms with Gasteiger partial charge in [0.25, 0.3) is 0 Å². The maximum atomic E-state index is 12.1. The molecule has 2 heterocycles. The number of amides is 1. The number of aromatic nitrogens is 1. The first-order chi connectivity index (χ1) is 8.92. The van der Waals surface area contributed by atoms with Gasteiger partial charge in [0.05, 0.1) is 0 Å². The Morgan fingerprint density at radius 3 is 2.74 bits per heavy atom. The molecule has 2 rings (SSSR count). The largest absolute Gasteiger partial charge is 0.339 e. The monoisotopic (exact) mass is 283 g/mol. The van der Waals surface area contributed by atoms with Crippen LogP contribution in [0.3, 0.4) is 0 Å². The zero-order valence-corrected chi connectivity index (χ0v) is 11.7. The highest BCUT2D eigenvalue weighted by atomic mass is 32.2. The van der Waals surface area contributed by atoms with Crippen molar-refractivity contribution in [1.82, 2.24) is 14.6 Å². The van der Waals surface area contributed by atoms with Gasteiger partial charge in [0.2, 0.25) is 15.9 Å². The number of hydrogen-bond donors (Lipinski definition) is 1. The first kappa shape index (κ1) is 14.0. The van der Waals surface area contributed by atoms with Crippen molar-refractivity contribution in [3.8, 4) is 0 Å². The van der Waals surface area contributed by atoms with Gasteiger partial charge in [-0.05, 0) is 32.4 Å². The van der Waals surface area contributed by atoms with E-state index in [4.69, 9.17) is 0 Å². The van der Waals surface area contributed by atoms with Crippen LogP contribution in [0.4, 0.5) is 0 Å². The summed E-state index contributed by atoms with van der Waals surface area (Å²) in [6.45, 7) is 4.41. The van der Waals surface area contributed by atoms with Crippen molar-refractivity contribution in [1.29, 1.82) is 0 Å². The van der Waals surface area contributed by atoms with Crippen molar-refractivity contribution in [2.45, 2.75) is 37.2 Å². The van der Waals surface area contributed by atoms with Crippen molar-refractivity contribution < 1.29 is 13.2 Å². The van der Waals surface area contributed by atoms with Crippen molar-refractivity contribution >= 4 is 15.9 Å². The molecule has 0 aliphatic carbocycles. The molecule has 1 atom stereocenters. The molecule has 1 aromatic rings. The Kier molecular flexibility index (Phi) is 3.86. The molecule has 104 valence electrons. The van der Waals surface area contributed by atoms with E-state index in [0.29, 0.717) is 13.0 Å². The molecule has 7 heteroatoms. The summed E-state index contributed by atoms with van der Waals surface area (Å²) in [7, 11) is -3.69. The molecule has 1 fully saturated rings. The lowest BCUT2D eigenvalue weighted by Crippen LogP contribution is -2.43. The number of nitrogens with one attached hydrogen (secondary N) is 1. The normalized spacial score (nSPS) is 20.3. The summed E-state index contributed by atoms with van der Waals surface area (Å²) in [5.74, 6) is -0.164. The second-order valence-electron chi connectivity index (χ2n) is 4.78. The Hall–Kier alpha value is -1.47. The van der Waals surface area contributed by atoms with Crippen LogP contribution in [0.1, 0.15) is 20.3 Å². The molecular formula is C12H17N3O3S. The van der Waals surface area contributed by atoms with Crippen molar-refractivity contribution in [3.63, 3.8) is 0 Å². The molecule has 0 aromatic carbocycles. The fraction of sp³-hybridized carbons (Fsp3) is 0.500. The van der Waals surface area contributed by atoms with Crippen LogP contribution < -0.4 is 4.72 Å². The number of carbonyl (C=O) groups excluding carboxylic acids is 1. The van der Waals surface area contributed by atoms with Crippen LogP contribution in [0.15, 0.2) is 29.4 Å². The molecule has 0 bridgehead atoms. The Morgan fingerprint density at radius 2 is 2.21 bits per heavy atom. The predicted molar refractivity (Wildman–Crippen MR) is 69.8 cm³/mol. The lowest BCUT2D eigenvalue weighted by Gasteiger charge is -2.21. The minimum Gasteiger partial charge on any atom is -0.339 e. The third-order valence-electron chi connectivity index (χ3n) is 3.11. The van der Waals surface area contributed by atoms with E-state index >= 15 is 0 Å². The Balaban J connectivity index is 2.13. The quantitative estimate of drug-likeness (QED) is 0.866. The Morgan fingerprint density at radius 1 is 1.47 bits per heavy atom. The van der Waals surface area contributed by atoms with E-state index < -0.39 is 16.1 Å². The molecule has 6 nitrogen and oxygen atoms in total. The van der Waals surface area contributed by atoms with E-state index in [0.717, 1.165) is 0 Å². The Bertz CT molecular complexity index is 557. The summed E-state index contributed by atoms with van der Waals surface area (Å²) < 4.78 is 26.6. The van der Waals surface area contributed by atoms with Crippen molar-refractivity contribution in [2.24, 2.45) is 0 Å². The average Bonchev–Trinajstić information content (AvgIpc) is 2.72.